The van der Waals surface area contributed by atoms with Gasteiger partial charge < -0.3 is 20.3 Å². The summed E-state index contributed by atoms with van der Waals surface area (Å²) in [6.07, 6.45) is 1.18. The molecule has 3 aliphatic carbocycles. The Kier molecular flexibility index (Phi) is 4.08. The zero-order valence-corrected chi connectivity index (χ0v) is 13.6. The largest absolute Gasteiger partial charge is 0.468 e. The molecule has 3 saturated carbocycles. The third-order valence-corrected chi connectivity index (χ3v) is 5.72. The molecule has 0 spiro atoms. The number of aliphatic hydroxyl groups is 2. The van der Waals surface area contributed by atoms with Crippen LogP contribution < -0.4 is 5.32 Å². The summed E-state index contributed by atoms with van der Waals surface area (Å²) in [6.45, 7) is -1.10. The van der Waals surface area contributed by atoms with E-state index in [1.165, 1.54) is 13.2 Å². The van der Waals surface area contributed by atoms with Crippen LogP contribution in [0.15, 0.2) is 18.2 Å². The molecule has 0 heterocycles. The minimum atomic E-state index is -1.41. The number of methoxy groups -OCH3 is 1. The summed E-state index contributed by atoms with van der Waals surface area (Å²) in [7, 11) is 1.19. The first-order valence-electron chi connectivity index (χ1n) is 7.85. The van der Waals surface area contributed by atoms with Gasteiger partial charge in [0.05, 0.1) is 20.3 Å². The van der Waals surface area contributed by atoms with Crippen molar-refractivity contribution < 1.29 is 33.3 Å². The number of aliphatic hydroxyl groups excluding tert-OH is 2. The Labute approximate surface area is 142 Å². The van der Waals surface area contributed by atoms with Crippen molar-refractivity contribution in [1.82, 2.24) is 5.32 Å². The number of hydrogen-bond donors (Lipinski definition) is 3. The maximum absolute atomic E-state index is 13.3. The van der Waals surface area contributed by atoms with Gasteiger partial charge >= 0.3 is 5.97 Å². The van der Waals surface area contributed by atoms with E-state index in [2.05, 4.69) is 5.32 Å². The van der Waals surface area contributed by atoms with Gasteiger partial charge in [-0.2, -0.15) is 0 Å². The van der Waals surface area contributed by atoms with Gasteiger partial charge in [-0.25, -0.2) is 8.78 Å². The van der Waals surface area contributed by atoms with Crippen LogP contribution in [-0.4, -0.2) is 48.0 Å². The van der Waals surface area contributed by atoms with Gasteiger partial charge in [0.1, 0.15) is 5.41 Å². The molecule has 136 valence electrons. The molecule has 8 heteroatoms. The van der Waals surface area contributed by atoms with Crippen molar-refractivity contribution >= 4 is 11.9 Å². The number of nitrogens with one attached hydrogen (secondary N) is 1. The molecule has 1 aromatic carbocycles. The lowest BCUT2D eigenvalue weighted by atomic mass is 9.32. The number of halogens is 2. The Morgan fingerprint density at radius 1 is 1.20 bits per heavy atom. The summed E-state index contributed by atoms with van der Waals surface area (Å²) in [6, 6.07) is 2.90. The van der Waals surface area contributed by atoms with Crippen molar-refractivity contribution in [3.63, 3.8) is 0 Å². The number of carbonyl (C=O) groups excluding carboxylic acids is 2. The topological polar surface area (TPSA) is 95.9 Å². The van der Waals surface area contributed by atoms with Gasteiger partial charge in [0.25, 0.3) is 5.91 Å². The number of benzene rings is 1. The molecule has 4 rings (SSSR count). The van der Waals surface area contributed by atoms with Crippen LogP contribution in [0.2, 0.25) is 0 Å². The Morgan fingerprint density at radius 3 is 2.28 bits per heavy atom. The predicted molar refractivity (Wildman–Crippen MR) is 81.5 cm³/mol. The Hall–Kier alpha value is -2.06. The fraction of sp³-hybridized carbons (Fsp3) is 0.529. The van der Waals surface area contributed by atoms with Crippen LogP contribution in [-0.2, 0) is 9.53 Å². The number of carbonyl (C=O) groups is 2. The SMILES string of the molecule is COC(=O)C(CO)(CO)C12CC(NC(=O)c3ccc(F)c(F)c3)(C1)C2. The molecule has 25 heavy (non-hydrogen) atoms. The van der Waals surface area contributed by atoms with Crippen molar-refractivity contribution in [2.45, 2.75) is 24.8 Å². The minimum Gasteiger partial charge on any atom is -0.468 e. The Bertz CT molecular complexity index is 712. The van der Waals surface area contributed by atoms with E-state index in [1.807, 2.05) is 0 Å². The fourth-order valence-corrected chi connectivity index (χ4v) is 4.30. The van der Waals surface area contributed by atoms with E-state index in [1.54, 1.807) is 0 Å². The zero-order chi connectivity index (χ0) is 18.5. The normalized spacial score (nSPS) is 27.1. The Balaban J connectivity index is 1.70. The molecule has 3 aliphatic rings. The van der Waals surface area contributed by atoms with Crippen LogP contribution in [0.1, 0.15) is 29.6 Å². The number of amides is 1. The van der Waals surface area contributed by atoms with E-state index in [4.69, 9.17) is 4.74 Å². The number of ether oxygens (including phenoxy) is 1. The molecule has 3 fully saturated rings. The van der Waals surface area contributed by atoms with E-state index >= 15 is 0 Å². The van der Waals surface area contributed by atoms with E-state index in [0.717, 1.165) is 12.1 Å². The van der Waals surface area contributed by atoms with Crippen molar-refractivity contribution in [2.24, 2.45) is 10.8 Å². The van der Waals surface area contributed by atoms with E-state index < -0.39 is 53.1 Å². The average molecular weight is 355 g/mol. The van der Waals surface area contributed by atoms with Gasteiger partial charge in [0, 0.05) is 11.1 Å². The molecule has 0 atom stereocenters. The third-order valence-electron chi connectivity index (χ3n) is 5.72. The Morgan fingerprint density at radius 2 is 1.80 bits per heavy atom. The van der Waals surface area contributed by atoms with Gasteiger partial charge in [-0.3, -0.25) is 9.59 Å². The first-order chi connectivity index (χ1) is 11.8. The average Bonchev–Trinajstić information content (AvgIpc) is 2.54. The molecule has 2 bridgehead atoms. The van der Waals surface area contributed by atoms with Gasteiger partial charge in [0.15, 0.2) is 11.6 Å². The lowest BCUT2D eigenvalue weighted by Gasteiger charge is -2.75. The highest BCUT2D eigenvalue weighted by molar-refractivity contribution is 5.95. The van der Waals surface area contributed by atoms with Gasteiger partial charge in [0.2, 0.25) is 0 Å². The van der Waals surface area contributed by atoms with E-state index in [-0.39, 0.29) is 5.56 Å². The molecule has 0 aromatic heterocycles. The highest BCUT2D eigenvalue weighted by Crippen LogP contribution is 2.74. The van der Waals surface area contributed by atoms with Crippen LogP contribution in [0, 0.1) is 22.5 Å². The van der Waals surface area contributed by atoms with Crippen LogP contribution in [0.4, 0.5) is 8.78 Å². The maximum Gasteiger partial charge on any atom is 0.317 e. The van der Waals surface area contributed by atoms with Gasteiger partial charge in [-0.15, -0.1) is 0 Å². The summed E-state index contributed by atoms with van der Waals surface area (Å²) in [5, 5.41) is 22.1. The van der Waals surface area contributed by atoms with Crippen LogP contribution in [0.25, 0.3) is 0 Å². The highest BCUT2D eigenvalue weighted by atomic mass is 19.2. The molecule has 3 N–H and O–H groups in total. The molecule has 1 aromatic rings. The summed E-state index contributed by atoms with van der Waals surface area (Å²) in [4.78, 5) is 24.3. The lowest BCUT2D eigenvalue weighted by molar-refractivity contribution is -0.252. The standard InChI is InChI=1S/C17H19F2NO5/c1-25-14(24)17(8-21,9-22)15-5-16(6-15,7-15)20-13(23)10-2-3-11(18)12(19)4-10/h2-4,21-22H,5-9H2,1H3,(H,20,23). The van der Waals surface area contributed by atoms with Crippen LogP contribution in [0.5, 0.6) is 0 Å². The van der Waals surface area contributed by atoms with E-state index in [9.17, 15) is 28.6 Å². The molecule has 0 radical (unpaired) electrons. The lowest BCUT2D eigenvalue weighted by Crippen LogP contribution is -2.81. The van der Waals surface area contributed by atoms with Crippen LogP contribution in [0.3, 0.4) is 0 Å². The third kappa shape index (κ3) is 2.35. The molecule has 0 saturated heterocycles. The van der Waals surface area contributed by atoms with Crippen LogP contribution >= 0.6 is 0 Å². The molecule has 0 unspecified atom stereocenters. The molecular formula is C17H19F2NO5. The van der Waals surface area contributed by atoms with Crippen molar-refractivity contribution in [1.29, 1.82) is 0 Å². The molecule has 1 amide bonds. The smallest absolute Gasteiger partial charge is 0.317 e. The summed E-state index contributed by atoms with van der Waals surface area (Å²) in [5.41, 5.74) is -2.60. The molecule has 6 nitrogen and oxygen atoms in total. The van der Waals surface area contributed by atoms with Gasteiger partial charge in [-0.1, -0.05) is 0 Å². The summed E-state index contributed by atoms with van der Waals surface area (Å²) >= 11 is 0. The zero-order valence-electron chi connectivity index (χ0n) is 13.6. The number of esters is 1. The van der Waals surface area contributed by atoms with Crippen molar-refractivity contribution in [3.8, 4) is 0 Å². The first-order valence-corrected chi connectivity index (χ1v) is 7.85. The predicted octanol–water partition coefficient (Wildman–Crippen LogP) is 0.761. The number of hydrogen-bond acceptors (Lipinski definition) is 5. The fourth-order valence-electron chi connectivity index (χ4n) is 4.30. The monoisotopic (exact) mass is 355 g/mol. The highest BCUT2D eigenvalue weighted by Gasteiger charge is 2.77. The minimum absolute atomic E-state index is 0.00113. The van der Waals surface area contributed by atoms with Crippen molar-refractivity contribution in [2.75, 3.05) is 20.3 Å². The first kappa shape index (κ1) is 17.8. The van der Waals surface area contributed by atoms with Crippen molar-refractivity contribution in [3.05, 3.63) is 35.4 Å². The molecule has 0 aliphatic heterocycles. The second kappa shape index (κ2) is 5.74. The second-order valence-corrected chi connectivity index (χ2v) is 7.06. The van der Waals surface area contributed by atoms with E-state index in [0.29, 0.717) is 19.3 Å². The van der Waals surface area contributed by atoms with Gasteiger partial charge in [-0.05, 0) is 42.9 Å². The number of rotatable bonds is 6. The maximum atomic E-state index is 13.3. The summed E-state index contributed by atoms with van der Waals surface area (Å²) in [5.74, 6) is -3.36. The summed E-state index contributed by atoms with van der Waals surface area (Å²) < 4.78 is 30.9. The second-order valence-electron chi connectivity index (χ2n) is 7.06. The molecular weight excluding hydrogens is 336 g/mol. The quantitative estimate of drug-likeness (QED) is 0.655.